The van der Waals surface area contributed by atoms with Crippen LogP contribution < -0.4 is 15.8 Å². The minimum atomic E-state index is -3.84. The lowest BCUT2D eigenvalue weighted by Crippen LogP contribution is -2.22. The minimum Gasteiger partial charge on any atom is -0.452 e. The summed E-state index contributed by atoms with van der Waals surface area (Å²) in [5.41, 5.74) is 6.84. The number of primary amides is 1. The van der Waals surface area contributed by atoms with E-state index in [0.717, 1.165) is 16.9 Å². The Morgan fingerprint density at radius 2 is 1.66 bits per heavy atom. The number of thiophene rings is 1. The van der Waals surface area contributed by atoms with Gasteiger partial charge in [0.15, 0.2) is 6.61 Å². The van der Waals surface area contributed by atoms with Crippen LogP contribution in [0.15, 0.2) is 64.9 Å². The number of rotatable bonds is 8. The molecular formula is C21H19N3O6S2. The number of esters is 1. The molecule has 2 aromatic carbocycles. The van der Waals surface area contributed by atoms with E-state index in [9.17, 15) is 22.8 Å². The molecule has 11 heteroatoms. The van der Waals surface area contributed by atoms with Crippen LogP contribution in [-0.4, -0.2) is 32.8 Å². The Morgan fingerprint density at radius 1 is 1.00 bits per heavy atom. The first-order valence-corrected chi connectivity index (χ1v) is 11.6. The molecule has 1 heterocycles. The van der Waals surface area contributed by atoms with E-state index in [2.05, 4.69) is 10.0 Å². The highest BCUT2D eigenvalue weighted by molar-refractivity contribution is 7.92. The quantitative estimate of drug-likeness (QED) is 0.429. The first-order chi connectivity index (χ1) is 15.2. The number of carbonyl (C=O) groups excluding carboxylic acids is 3. The van der Waals surface area contributed by atoms with Crippen LogP contribution in [0.25, 0.3) is 0 Å². The third-order valence-corrected chi connectivity index (χ3v) is 6.45. The molecule has 0 aliphatic heterocycles. The Bertz CT molecular complexity index is 1250. The van der Waals surface area contributed by atoms with Gasteiger partial charge in [-0.2, -0.15) is 0 Å². The van der Waals surface area contributed by atoms with Crippen molar-refractivity contribution in [2.45, 2.75) is 11.8 Å². The van der Waals surface area contributed by atoms with Gasteiger partial charge < -0.3 is 15.8 Å². The van der Waals surface area contributed by atoms with Crippen LogP contribution >= 0.6 is 11.3 Å². The SMILES string of the molecule is Cc1ccc(NS(=O)(=O)c2ccc(C(=O)OCC(=O)Nc3sccc3C(N)=O)cc2)cc1. The van der Waals surface area contributed by atoms with Gasteiger partial charge in [-0.3, -0.25) is 14.3 Å². The topological polar surface area (TPSA) is 145 Å². The fourth-order valence-electron chi connectivity index (χ4n) is 2.58. The summed E-state index contributed by atoms with van der Waals surface area (Å²) in [4.78, 5) is 35.4. The molecule has 0 bridgehead atoms. The van der Waals surface area contributed by atoms with Crippen LogP contribution in [0.3, 0.4) is 0 Å². The molecule has 0 atom stereocenters. The normalized spacial score (nSPS) is 10.9. The second-order valence-electron chi connectivity index (χ2n) is 6.65. The van der Waals surface area contributed by atoms with E-state index in [1.54, 1.807) is 29.6 Å². The summed E-state index contributed by atoms with van der Waals surface area (Å²) in [6.45, 7) is 1.30. The van der Waals surface area contributed by atoms with Crippen LogP contribution in [0.5, 0.6) is 0 Å². The number of anilines is 2. The van der Waals surface area contributed by atoms with Gasteiger partial charge >= 0.3 is 5.97 Å². The number of hydrogen-bond donors (Lipinski definition) is 3. The van der Waals surface area contributed by atoms with Gasteiger partial charge in [-0.1, -0.05) is 17.7 Å². The number of amides is 2. The third kappa shape index (κ3) is 5.71. The molecule has 0 fully saturated rings. The molecule has 0 spiro atoms. The van der Waals surface area contributed by atoms with Crippen LogP contribution in [0.4, 0.5) is 10.7 Å². The summed E-state index contributed by atoms with van der Waals surface area (Å²) >= 11 is 1.11. The molecule has 0 saturated heterocycles. The summed E-state index contributed by atoms with van der Waals surface area (Å²) in [6.07, 6.45) is 0. The maximum absolute atomic E-state index is 12.5. The fourth-order valence-corrected chi connectivity index (χ4v) is 4.45. The summed E-state index contributed by atoms with van der Waals surface area (Å²) in [5.74, 6) is -2.15. The molecule has 0 aliphatic carbocycles. The van der Waals surface area contributed by atoms with E-state index < -0.39 is 34.4 Å². The smallest absolute Gasteiger partial charge is 0.338 e. The Labute approximate surface area is 188 Å². The van der Waals surface area contributed by atoms with Gasteiger partial charge in [-0.25, -0.2) is 13.2 Å². The largest absolute Gasteiger partial charge is 0.452 e. The van der Waals surface area contributed by atoms with E-state index in [4.69, 9.17) is 10.5 Å². The molecule has 0 aliphatic rings. The molecule has 0 saturated carbocycles. The average molecular weight is 474 g/mol. The minimum absolute atomic E-state index is 0.0379. The molecule has 2 amide bonds. The molecule has 0 radical (unpaired) electrons. The fraction of sp³-hybridized carbons (Fsp3) is 0.0952. The lowest BCUT2D eigenvalue weighted by atomic mass is 10.2. The maximum atomic E-state index is 12.5. The highest BCUT2D eigenvalue weighted by atomic mass is 32.2. The monoisotopic (exact) mass is 473 g/mol. The molecule has 3 aromatic rings. The van der Waals surface area contributed by atoms with Crippen LogP contribution in [-0.2, 0) is 19.6 Å². The Kier molecular flexibility index (Phi) is 6.91. The molecule has 0 unspecified atom stereocenters. The first-order valence-electron chi connectivity index (χ1n) is 9.19. The van der Waals surface area contributed by atoms with Crippen molar-refractivity contribution in [3.05, 3.63) is 76.7 Å². The number of nitrogens with one attached hydrogen (secondary N) is 2. The average Bonchev–Trinajstić information content (AvgIpc) is 3.22. The third-order valence-electron chi connectivity index (χ3n) is 4.22. The maximum Gasteiger partial charge on any atom is 0.338 e. The van der Waals surface area contributed by atoms with E-state index in [1.807, 2.05) is 6.92 Å². The van der Waals surface area contributed by atoms with Crippen LogP contribution in [0.2, 0.25) is 0 Å². The summed E-state index contributed by atoms with van der Waals surface area (Å²) < 4.78 is 32.4. The van der Waals surface area contributed by atoms with Gasteiger partial charge in [0.1, 0.15) is 5.00 Å². The predicted molar refractivity (Wildman–Crippen MR) is 120 cm³/mol. The van der Waals surface area contributed by atoms with Crippen molar-refractivity contribution in [1.82, 2.24) is 0 Å². The Morgan fingerprint density at radius 3 is 2.28 bits per heavy atom. The van der Waals surface area contributed by atoms with E-state index in [0.29, 0.717) is 5.69 Å². The highest BCUT2D eigenvalue weighted by Crippen LogP contribution is 2.22. The van der Waals surface area contributed by atoms with Crippen molar-refractivity contribution in [1.29, 1.82) is 0 Å². The van der Waals surface area contributed by atoms with E-state index in [-0.39, 0.29) is 21.0 Å². The standard InChI is InChI=1S/C21H19N3O6S2/c1-13-2-6-15(7-3-13)24-32(28,29)16-8-4-14(5-9-16)21(27)30-12-18(25)23-20-17(19(22)26)10-11-31-20/h2-11,24H,12H2,1H3,(H2,22,26)(H,23,25). The van der Waals surface area contributed by atoms with Gasteiger partial charge in [0.2, 0.25) is 0 Å². The van der Waals surface area contributed by atoms with Crippen LogP contribution in [0, 0.1) is 6.92 Å². The molecule has 166 valence electrons. The summed E-state index contributed by atoms with van der Waals surface area (Å²) in [7, 11) is -3.84. The van der Waals surface area contributed by atoms with Crippen LogP contribution in [0.1, 0.15) is 26.3 Å². The lowest BCUT2D eigenvalue weighted by Gasteiger charge is -2.09. The van der Waals surface area contributed by atoms with Crippen molar-refractivity contribution in [3.63, 3.8) is 0 Å². The molecule has 1 aromatic heterocycles. The number of benzene rings is 2. The number of hydrogen-bond acceptors (Lipinski definition) is 7. The molecular weight excluding hydrogens is 454 g/mol. The van der Waals surface area contributed by atoms with Gasteiger partial charge in [0.25, 0.3) is 21.8 Å². The first kappa shape index (κ1) is 23.0. The van der Waals surface area contributed by atoms with Crippen molar-refractivity contribution in [2.24, 2.45) is 5.73 Å². The Hall–Kier alpha value is -3.70. The van der Waals surface area contributed by atoms with Crippen molar-refractivity contribution in [2.75, 3.05) is 16.6 Å². The zero-order valence-corrected chi connectivity index (χ0v) is 18.5. The van der Waals surface area contributed by atoms with Crippen molar-refractivity contribution >= 4 is 49.8 Å². The number of nitrogens with two attached hydrogens (primary N) is 1. The van der Waals surface area contributed by atoms with Gasteiger partial charge in [0.05, 0.1) is 16.0 Å². The summed E-state index contributed by atoms with van der Waals surface area (Å²) in [6, 6.07) is 13.4. The van der Waals surface area contributed by atoms with Gasteiger partial charge in [-0.15, -0.1) is 11.3 Å². The second kappa shape index (κ2) is 9.62. The van der Waals surface area contributed by atoms with E-state index >= 15 is 0 Å². The zero-order chi connectivity index (χ0) is 23.3. The number of sulfonamides is 1. The van der Waals surface area contributed by atoms with Gasteiger partial charge in [-0.05, 0) is 54.8 Å². The second-order valence-corrected chi connectivity index (χ2v) is 9.25. The number of carbonyl (C=O) groups is 3. The van der Waals surface area contributed by atoms with Crippen molar-refractivity contribution in [3.8, 4) is 0 Å². The summed E-state index contributed by atoms with van der Waals surface area (Å²) in [5, 5.41) is 4.30. The zero-order valence-electron chi connectivity index (χ0n) is 16.8. The predicted octanol–water partition coefficient (Wildman–Crippen LogP) is 2.75. The highest BCUT2D eigenvalue weighted by Gasteiger charge is 2.17. The molecule has 3 rings (SSSR count). The molecule has 32 heavy (non-hydrogen) atoms. The van der Waals surface area contributed by atoms with Gasteiger partial charge in [0, 0.05) is 5.69 Å². The number of ether oxygens (including phenoxy) is 1. The van der Waals surface area contributed by atoms with E-state index in [1.165, 1.54) is 30.3 Å². The number of aryl methyl sites for hydroxylation is 1. The Balaban J connectivity index is 1.58. The van der Waals surface area contributed by atoms with Crippen molar-refractivity contribution < 1.29 is 27.5 Å². The lowest BCUT2D eigenvalue weighted by molar-refractivity contribution is -0.119. The molecule has 9 nitrogen and oxygen atoms in total. The molecule has 4 N–H and O–H groups in total.